The molecule has 0 saturated carbocycles. The molecule has 2 unspecified atom stereocenters. The molecule has 0 bridgehead atoms. The third kappa shape index (κ3) is 2.42. The second kappa shape index (κ2) is 3.94. The molecule has 5 heteroatoms. The first kappa shape index (κ1) is 10.9. The molecule has 1 aliphatic rings. The average Bonchev–Trinajstić information content (AvgIpc) is 2.33. The van der Waals surface area contributed by atoms with E-state index in [9.17, 15) is 13.5 Å². The van der Waals surface area contributed by atoms with E-state index in [1.54, 1.807) is 0 Å². The molecule has 0 aromatic carbocycles. The van der Waals surface area contributed by atoms with E-state index in [2.05, 4.69) is 0 Å². The molecule has 0 spiro atoms. The lowest BCUT2D eigenvalue weighted by molar-refractivity contribution is 0.153. The first-order valence-electron chi connectivity index (χ1n) is 4.63. The zero-order valence-electron chi connectivity index (χ0n) is 8.10. The number of hydrogen-bond acceptors (Lipinski definition) is 3. The summed E-state index contributed by atoms with van der Waals surface area (Å²) in [5.41, 5.74) is 0. The minimum absolute atomic E-state index is 0.0617. The molecule has 1 rings (SSSR count). The number of hydrogen-bond donors (Lipinski definition) is 1. The standard InChI is InChI=1S/C8H17NO3S/c1-3-4-13(11,12)9-5-7(2)8(10)6-9/h7-8,10H,3-6H2,1-2H3. The molecule has 0 aromatic heterocycles. The Balaban J connectivity index is 2.65. The van der Waals surface area contributed by atoms with Gasteiger partial charge < -0.3 is 5.11 Å². The molecular formula is C8H17NO3S. The third-order valence-electron chi connectivity index (χ3n) is 2.39. The third-order valence-corrected chi connectivity index (χ3v) is 4.40. The van der Waals surface area contributed by atoms with Gasteiger partial charge in [0.05, 0.1) is 11.9 Å². The van der Waals surface area contributed by atoms with E-state index in [1.807, 2.05) is 13.8 Å². The highest BCUT2D eigenvalue weighted by Gasteiger charge is 2.34. The topological polar surface area (TPSA) is 57.6 Å². The Bertz CT molecular complexity index is 253. The van der Waals surface area contributed by atoms with Gasteiger partial charge in [-0.25, -0.2) is 8.42 Å². The SMILES string of the molecule is CCCS(=O)(=O)N1CC(C)C(O)C1. The van der Waals surface area contributed by atoms with E-state index < -0.39 is 16.1 Å². The lowest BCUT2D eigenvalue weighted by Gasteiger charge is -2.14. The van der Waals surface area contributed by atoms with Crippen LogP contribution in [-0.2, 0) is 10.0 Å². The monoisotopic (exact) mass is 207 g/mol. The highest BCUT2D eigenvalue weighted by Crippen LogP contribution is 2.19. The molecule has 1 fully saturated rings. The Kier molecular flexibility index (Phi) is 3.32. The molecule has 1 aliphatic heterocycles. The van der Waals surface area contributed by atoms with Crippen LogP contribution in [0.15, 0.2) is 0 Å². The van der Waals surface area contributed by atoms with Crippen molar-refractivity contribution in [1.29, 1.82) is 0 Å². The normalized spacial score (nSPS) is 31.0. The molecular weight excluding hydrogens is 190 g/mol. The van der Waals surface area contributed by atoms with Crippen molar-refractivity contribution in [1.82, 2.24) is 4.31 Å². The maximum atomic E-state index is 11.5. The summed E-state index contributed by atoms with van der Waals surface area (Å²) in [6, 6.07) is 0. The number of aliphatic hydroxyl groups is 1. The van der Waals surface area contributed by atoms with Gasteiger partial charge in [-0.3, -0.25) is 0 Å². The van der Waals surface area contributed by atoms with Crippen LogP contribution in [0.1, 0.15) is 20.3 Å². The molecule has 78 valence electrons. The smallest absolute Gasteiger partial charge is 0.214 e. The average molecular weight is 207 g/mol. The molecule has 4 nitrogen and oxygen atoms in total. The molecule has 1 heterocycles. The van der Waals surface area contributed by atoms with Crippen LogP contribution >= 0.6 is 0 Å². The highest BCUT2D eigenvalue weighted by molar-refractivity contribution is 7.89. The largest absolute Gasteiger partial charge is 0.391 e. The van der Waals surface area contributed by atoms with Crippen LogP contribution in [-0.4, -0.2) is 42.8 Å². The van der Waals surface area contributed by atoms with Gasteiger partial charge in [0.15, 0.2) is 0 Å². The first-order valence-corrected chi connectivity index (χ1v) is 6.24. The number of nitrogens with zero attached hydrogens (tertiary/aromatic N) is 1. The Morgan fingerprint density at radius 1 is 1.46 bits per heavy atom. The minimum Gasteiger partial charge on any atom is -0.391 e. The van der Waals surface area contributed by atoms with Crippen molar-refractivity contribution in [2.45, 2.75) is 26.4 Å². The van der Waals surface area contributed by atoms with E-state index in [1.165, 1.54) is 4.31 Å². The van der Waals surface area contributed by atoms with Crippen molar-refractivity contribution >= 4 is 10.0 Å². The van der Waals surface area contributed by atoms with Gasteiger partial charge in [0.2, 0.25) is 10.0 Å². The summed E-state index contributed by atoms with van der Waals surface area (Å²) in [7, 11) is -3.10. The fourth-order valence-corrected chi connectivity index (χ4v) is 3.14. The Morgan fingerprint density at radius 3 is 2.46 bits per heavy atom. The van der Waals surface area contributed by atoms with Crippen molar-refractivity contribution in [3.8, 4) is 0 Å². The van der Waals surface area contributed by atoms with Gasteiger partial charge >= 0.3 is 0 Å². The summed E-state index contributed by atoms with van der Waals surface area (Å²) in [6.45, 7) is 4.44. The maximum absolute atomic E-state index is 11.5. The zero-order chi connectivity index (χ0) is 10.1. The summed E-state index contributed by atoms with van der Waals surface area (Å²) in [5, 5.41) is 9.39. The lowest BCUT2D eigenvalue weighted by Crippen LogP contribution is -2.31. The van der Waals surface area contributed by atoms with Gasteiger partial charge in [-0.1, -0.05) is 13.8 Å². The van der Waals surface area contributed by atoms with Crippen molar-refractivity contribution in [3.05, 3.63) is 0 Å². The molecule has 0 aliphatic carbocycles. The zero-order valence-corrected chi connectivity index (χ0v) is 8.92. The first-order chi connectivity index (χ1) is 5.97. The van der Waals surface area contributed by atoms with E-state index in [-0.39, 0.29) is 18.2 Å². The van der Waals surface area contributed by atoms with Gasteiger partial charge in [0, 0.05) is 13.1 Å². The summed E-state index contributed by atoms with van der Waals surface area (Å²) in [5.74, 6) is 0.249. The number of rotatable bonds is 3. The van der Waals surface area contributed by atoms with E-state index >= 15 is 0 Å². The fraction of sp³-hybridized carbons (Fsp3) is 1.00. The van der Waals surface area contributed by atoms with Crippen molar-refractivity contribution < 1.29 is 13.5 Å². The summed E-state index contributed by atoms with van der Waals surface area (Å²) < 4.78 is 24.5. The predicted molar refractivity (Wildman–Crippen MR) is 50.8 cm³/mol. The van der Waals surface area contributed by atoms with Crippen LogP contribution in [0.25, 0.3) is 0 Å². The van der Waals surface area contributed by atoms with Crippen LogP contribution in [0, 0.1) is 5.92 Å². The van der Waals surface area contributed by atoms with Crippen LogP contribution in [0.4, 0.5) is 0 Å². The van der Waals surface area contributed by atoms with Gasteiger partial charge in [0.25, 0.3) is 0 Å². The predicted octanol–water partition coefficient (Wildman–Crippen LogP) is 0.0388. The second-order valence-corrected chi connectivity index (χ2v) is 5.77. The fourth-order valence-electron chi connectivity index (χ4n) is 1.52. The second-order valence-electron chi connectivity index (χ2n) is 3.68. The van der Waals surface area contributed by atoms with Crippen LogP contribution in [0.2, 0.25) is 0 Å². The summed E-state index contributed by atoms with van der Waals surface area (Å²) >= 11 is 0. The molecule has 13 heavy (non-hydrogen) atoms. The minimum atomic E-state index is -3.10. The molecule has 0 aromatic rings. The summed E-state index contributed by atoms with van der Waals surface area (Å²) in [6.07, 6.45) is 0.134. The molecule has 0 amide bonds. The van der Waals surface area contributed by atoms with Crippen LogP contribution in [0.5, 0.6) is 0 Å². The van der Waals surface area contributed by atoms with Crippen LogP contribution < -0.4 is 0 Å². The summed E-state index contributed by atoms with van der Waals surface area (Å²) in [4.78, 5) is 0. The molecule has 0 radical (unpaired) electrons. The Hall–Kier alpha value is -0.130. The number of sulfonamides is 1. The van der Waals surface area contributed by atoms with Crippen LogP contribution in [0.3, 0.4) is 0 Å². The highest BCUT2D eigenvalue weighted by atomic mass is 32.2. The van der Waals surface area contributed by atoms with Crippen molar-refractivity contribution in [2.75, 3.05) is 18.8 Å². The quantitative estimate of drug-likeness (QED) is 0.711. The van der Waals surface area contributed by atoms with Gasteiger partial charge in [-0.2, -0.15) is 4.31 Å². The van der Waals surface area contributed by atoms with Gasteiger partial charge in [-0.15, -0.1) is 0 Å². The number of β-amino-alcohol motifs (C(OH)–C–C–N with tert-alkyl or cyclic N) is 1. The number of aliphatic hydroxyl groups excluding tert-OH is 1. The van der Waals surface area contributed by atoms with Gasteiger partial charge in [-0.05, 0) is 12.3 Å². The van der Waals surface area contributed by atoms with E-state index in [0.29, 0.717) is 13.0 Å². The Morgan fingerprint density at radius 2 is 2.08 bits per heavy atom. The van der Waals surface area contributed by atoms with Crippen molar-refractivity contribution in [2.24, 2.45) is 5.92 Å². The molecule has 2 atom stereocenters. The lowest BCUT2D eigenvalue weighted by atomic mass is 10.1. The van der Waals surface area contributed by atoms with E-state index in [0.717, 1.165) is 0 Å². The van der Waals surface area contributed by atoms with E-state index in [4.69, 9.17) is 0 Å². The molecule has 1 saturated heterocycles. The Labute approximate surface area is 79.6 Å². The maximum Gasteiger partial charge on any atom is 0.214 e. The van der Waals surface area contributed by atoms with Crippen molar-refractivity contribution in [3.63, 3.8) is 0 Å². The van der Waals surface area contributed by atoms with Gasteiger partial charge in [0.1, 0.15) is 0 Å². The molecule has 1 N–H and O–H groups in total.